The topological polar surface area (TPSA) is 113 Å². The van der Waals surface area contributed by atoms with Gasteiger partial charge in [-0.25, -0.2) is 0 Å². The fourth-order valence-electron chi connectivity index (χ4n) is 3.62. The molecule has 0 saturated carbocycles. The summed E-state index contributed by atoms with van der Waals surface area (Å²) in [6, 6.07) is 10.9. The van der Waals surface area contributed by atoms with Gasteiger partial charge in [0.15, 0.2) is 11.5 Å². The highest BCUT2D eigenvalue weighted by atomic mass is 16.7. The monoisotopic (exact) mass is 409 g/mol. The molecule has 0 bridgehead atoms. The van der Waals surface area contributed by atoms with Gasteiger partial charge in [0.1, 0.15) is 5.76 Å². The third-order valence-corrected chi connectivity index (χ3v) is 5.14. The summed E-state index contributed by atoms with van der Waals surface area (Å²) >= 11 is 0. The number of ether oxygens (including phenoxy) is 2. The van der Waals surface area contributed by atoms with Crippen LogP contribution in [-0.2, 0) is 14.4 Å². The van der Waals surface area contributed by atoms with Gasteiger partial charge in [-0.05, 0) is 24.6 Å². The van der Waals surface area contributed by atoms with Crippen LogP contribution in [-0.4, -0.2) is 46.1 Å². The van der Waals surface area contributed by atoms with Crippen molar-refractivity contribution in [2.45, 2.75) is 19.4 Å². The number of hydrogen-bond acceptors (Lipinski definition) is 6. The highest BCUT2D eigenvalue weighted by Crippen LogP contribution is 2.43. The molecule has 1 atom stereocenters. The van der Waals surface area contributed by atoms with E-state index in [1.807, 2.05) is 6.92 Å². The zero-order valence-electron chi connectivity index (χ0n) is 16.1. The zero-order valence-corrected chi connectivity index (χ0v) is 16.1. The van der Waals surface area contributed by atoms with Crippen LogP contribution in [0.2, 0.25) is 0 Å². The van der Waals surface area contributed by atoms with Crippen LogP contribution in [0.3, 0.4) is 0 Å². The van der Waals surface area contributed by atoms with Crippen LogP contribution < -0.4 is 9.47 Å². The van der Waals surface area contributed by atoms with Gasteiger partial charge in [-0.15, -0.1) is 0 Å². The minimum absolute atomic E-state index is 0.0569. The SMILES string of the molecule is Cc1ccc(C(O)=C2C(=O)C(=O)N(CCC(=O)O)[C@@H]2c2ccc3c(c2)OCO3)cc1. The molecule has 2 aromatic carbocycles. The predicted molar refractivity (Wildman–Crippen MR) is 105 cm³/mol. The number of fused-ring (bicyclic) bond motifs is 1. The molecule has 0 unspecified atom stereocenters. The van der Waals surface area contributed by atoms with Gasteiger partial charge in [-0.2, -0.15) is 0 Å². The molecule has 1 fully saturated rings. The number of aliphatic hydroxyl groups is 1. The van der Waals surface area contributed by atoms with Crippen molar-refractivity contribution in [1.29, 1.82) is 0 Å². The quantitative estimate of drug-likeness (QED) is 0.443. The molecule has 4 rings (SSSR count). The number of hydrogen-bond donors (Lipinski definition) is 2. The smallest absolute Gasteiger partial charge is 0.305 e. The van der Waals surface area contributed by atoms with Crippen molar-refractivity contribution in [3.05, 3.63) is 64.7 Å². The third kappa shape index (κ3) is 3.36. The van der Waals surface area contributed by atoms with Crippen molar-refractivity contribution in [3.8, 4) is 11.5 Å². The number of aryl methyl sites for hydroxylation is 1. The van der Waals surface area contributed by atoms with E-state index in [2.05, 4.69) is 0 Å². The van der Waals surface area contributed by atoms with Crippen molar-refractivity contribution in [1.82, 2.24) is 4.90 Å². The van der Waals surface area contributed by atoms with Gasteiger partial charge in [0, 0.05) is 12.1 Å². The van der Waals surface area contributed by atoms with Gasteiger partial charge in [0.05, 0.1) is 18.0 Å². The second-order valence-corrected chi connectivity index (χ2v) is 7.11. The molecule has 2 aromatic rings. The molecule has 2 aliphatic heterocycles. The van der Waals surface area contributed by atoms with Crippen molar-refractivity contribution in [2.75, 3.05) is 13.3 Å². The van der Waals surface area contributed by atoms with Crippen molar-refractivity contribution in [2.24, 2.45) is 0 Å². The van der Waals surface area contributed by atoms with Crippen molar-refractivity contribution >= 4 is 23.4 Å². The molecule has 8 heteroatoms. The molecule has 0 aromatic heterocycles. The molecule has 1 saturated heterocycles. The molecular formula is C22H19NO7. The summed E-state index contributed by atoms with van der Waals surface area (Å²) in [6.45, 7) is 1.77. The first kappa shape index (κ1) is 19.5. The lowest BCUT2D eigenvalue weighted by Crippen LogP contribution is -2.31. The Balaban J connectivity index is 1.84. The molecule has 2 heterocycles. The maximum absolute atomic E-state index is 12.8. The highest BCUT2D eigenvalue weighted by Gasteiger charge is 2.46. The van der Waals surface area contributed by atoms with E-state index in [9.17, 15) is 19.5 Å². The largest absolute Gasteiger partial charge is 0.507 e. The van der Waals surface area contributed by atoms with E-state index in [0.717, 1.165) is 5.56 Å². The number of carboxylic acid groups (broad SMARTS) is 1. The number of amides is 1. The van der Waals surface area contributed by atoms with Crippen LogP contribution in [0.4, 0.5) is 0 Å². The van der Waals surface area contributed by atoms with E-state index in [1.165, 1.54) is 4.90 Å². The Labute approximate surface area is 171 Å². The lowest BCUT2D eigenvalue weighted by Gasteiger charge is -2.25. The van der Waals surface area contributed by atoms with Gasteiger partial charge >= 0.3 is 5.97 Å². The molecule has 0 spiro atoms. The molecule has 0 aliphatic carbocycles. The van der Waals surface area contributed by atoms with E-state index in [1.54, 1.807) is 42.5 Å². The van der Waals surface area contributed by atoms with Crippen molar-refractivity contribution < 1.29 is 34.1 Å². The van der Waals surface area contributed by atoms with Gasteiger partial charge in [0.2, 0.25) is 6.79 Å². The molecule has 0 radical (unpaired) electrons. The van der Waals surface area contributed by atoms with E-state index in [-0.39, 0.29) is 31.1 Å². The second-order valence-electron chi connectivity index (χ2n) is 7.11. The van der Waals surface area contributed by atoms with E-state index in [0.29, 0.717) is 22.6 Å². The van der Waals surface area contributed by atoms with Crippen LogP contribution in [0.5, 0.6) is 11.5 Å². The molecule has 1 amide bonds. The summed E-state index contributed by atoms with van der Waals surface area (Å²) in [5, 5.41) is 20.0. The Morgan fingerprint density at radius 3 is 2.47 bits per heavy atom. The standard InChI is InChI=1S/C22H19NO7/c1-12-2-4-13(5-3-12)20(26)18-19(14-6-7-15-16(10-14)30-11-29-15)23(9-8-17(24)25)22(28)21(18)27/h2-7,10,19,26H,8-9,11H2,1H3,(H,24,25)/t19-/m1/s1. The number of rotatable bonds is 5. The van der Waals surface area contributed by atoms with Crippen LogP contribution in [0, 0.1) is 6.92 Å². The normalized spacial score (nSPS) is 19.4. The number of aliphatic hydroxyl groups excluding tert-OH is 1. The summed E-state index contributed by atoms with van der Waals surface area (Å²) in [5.74, 6) is -2.14. The zero-order chi connectivity index (χ0) is 21.4. The number of carbonyl (C=O) groups is 3. The number of ketones is 1. The predicted octanol–water partition coefficient (Wildman–Crippen LogP) is 2.62. The first-order valence-corrected chi connectivity index (χ1v) is 9.33. The van der Waals surface area contributed by atoms with E-state index in [4.69, 9.17) is 14.6 Å². The van der Waals surface area contributed by atoms with Gasteiger partial charge in [0.25, 0.3) is 11.7 Å². The summed E-state index contributed by atoms with van der Waals surface area (Å²) in [5.41, 5.74) is 1.79. The Hall–Kier alpha value is -3.81. The average molecular weight is 409 g/mol. The summed E-state index contributed by atoms with van der Waals surface area (Å²) < 4.78 is 10.7. The molecular weight excluding hydrogens is 390 g/mol. The number of carbonyl (C=O) groups excluding carboxylic acids is 2. The summed E-state index contributed by atoms with van der Waals surface area (Å²) in [6.07, 6.45) is -0.335. The number of benzene rings is 2. The van der Waals surface area contributed by atoms with Crippen molar-refractivity contribution in [3.63, 3.8) is 0 Å². The fraction of sp³-hybridized carbons (Fsp3) is 0.227. The minimum atomic E-state index is -1.10. The van der Waals surface area contributed by atoms with Crippen LogP contribution in [0.1, 0.15) is 29.2 Å². The van der Waals surface area contributed by atoms with Gasteiger partial charge in [-0.3, -0.25) is 14.4 Å². The maximum Gasteiger partial charge on any atom is 0.305 e. The van der Waals surface area contributed by atoms with E-state index >= 15 is 0 Å². The maximum atomic E-state index is 12.8. The highest BCUT2D eigenvalue weighted by molar-refractivity contribution is 6.46. The average Bonchev–Trinajstić information content (AvgIpc) is 3.29. The third-order valence-electron chi connectivity index (χ3n) is 5.14. The number of Topliss-reactive ketones (excluding diaryl/α,β-unsaturated/α-hetero) is 1. The Morgan fingerprint density at radius 1 is 1.07 bits per heavy atom. The second kappa shape index (κ2) is 7.55. The fourth-order valence-corrected chi connectivity index (χ4v) is 3.62. The first-order chi connectivity index (χ1) is 14.4. The molecule has 2 aliphatic rings. The lowest BCUT2D eigenvalue weighted by atomic mass is 9.94. The summed E-state index contributed by atoms with van der Waals surface area (Å²) in [4.78, 5) is 37.8. The van der Waals surface area contributed by atoms with E-state index < -0.39 is 23.7 Å². The Morgan fingerprint density at radius 2 is 1.77 bits per heavy atom. The van der Waals surface area contributed by atoms with Crippen LogP contribution in [0.15, 0.2) is 48.0 Å². The molecule has 30 heavy (non-hydrogen) atoms. The number of nitrogens with zero attached hydrogens (tertiary/aromatic N) is 1. The van der Waals surface area contributed by atoms with Crippen LogP contribution >= 0.6 is 0 Å². The Bertz CT molecular complexity index is 1070. The molecule has 154 valence electrons. The minimum Gasteiger partial charge on any atom is -0.507 e. The Kier molecular flexibility index (Phi) is 4.91. The molecule has 2 N–H and O–H groups in total. The van der Waals surface area contributed by atoms with Gasteiger partial charge < -0.3 is 24.6 Å². The number of carboxylic acids is 1. The number of likely N-dealkylation sites (tertiary alicyclic amines) is 1. The number of aliphatic carboxylic acids is 1. The molecule has 8 nitrogen and oxygen atoms in total. The first-order valence-electron chi connectivity index (χ1n) is 9.33. The van der Waals surface area contributed by atoms with Gasteiger partial charge in [-0.1, -0.05) is 35.9 Å². The summed E-state index contributed by atoms with van der Waals surface area (Å²) in [7, 11) is 0. The van der Waals surface area contributed by atoms with Crippen LogP contribution in [0.25, 0.3) is 5.76 Å². The lowest BCUT2D eigenvalue weighted by molar-refractivity contribution is -0.142.